The molecule has 0 aliphatic rings. The summed E-state index contributed by atoms with van der Waals surface area (Å²) < 4.78 is 15.3. The van der Waals surface area contributed by atoms with Gasteiger partial charge < -0.3 is 5.32 Å². The molecule has 0 aliphatic heterocycles. The molecule has 2 rings (SSSR count). The zero-order valence-electron chi connectivity index (χ0n) is 9.78. The second-order valence-electron chi connectivity index (χ2n) is 3.81. The minimum Gasteiger partial charge on any atom is -0.314 e. The van der Waals surface area contributed by atoms with Crippen molar-refractivity contribution in [3.63, 3.8) is 0 Å². The molecule has 0 aliphatic carbocycles. The minimum atomic E-state index is -0.322. The van der Waals surface area contributed by atoms with E-state index in [1.54, 1.807) is 29.8 Å². The average Bonchev–Trinajstić information content (AvgIpc) is 2.36. The molecular formula is C13H12BrFN2O. The van der Waals surface area contributed by atoms with Crippen LogP contribution in [0.2, 0.25) is 0 Å². The predicted molar refractivity (Wildman–Crippen MR) is 72.5 cm³/mol. The van der Waals surface area contributed by atoms with Gasteiger partial charge in [0.05, 0.1) is 5.69 Å². The van der Waals surface area contributed by atoms with Gasteiger partial charge in [0.25, 0.3) is 5.56 Å². The quantitative estimate of drug-likeness (QED) is 0.945. The van der Waals surface area contributed by atoms with E-state index < -0.39 is 0 Å². The van der Waals surface area contributed by atoms with Crippen molar-refractivity contribution in [3.05, 3.63) is 62.7 Å². The summed E-state index contributed by atoms with van der Waals surface area (Å²) in [6, 6.07) is 9.05. The number of nitrogens with one attached hydrogen (secondary N) is 1. The van der Waals surface area contributed by atoms with E-state index >= 15 is 0 Å². The molecule has 0 radical (unpaired) electrons. The van der Waals surface area contributed by atoms with Crippen molar-refractivity contribution in [2.45, 2.75) is 6.54 Å². The Morgan fingerprint density at radius 2 is 1.89 bits per heavy atom. The van der Waals surface area contributed by atoms with E-state index in [2.05, 4.69) is 21.2 Å². The van der Waals surface area contributed by atoms with Crippen molar-refractivity contribution in [1.82, 2.24) is 9.88 Å². The van der Waals surface area contributed by atoms with Crippen LogP contribution in [0, 0.1) is 5.82 Å². The molecule has 1 aromatic heterocycles. The number of halogens is 2. The summed E-state index contributed by atoms with van der Waals surface area (Å²) in [6.45, 7) is 0.536. The Morgan fingerprint density at radius 1 is 1.22 bits per heavy atom. The number of benzene rings is 1. The number of rotatable bonds is 3. The van der Waals surface area contributed by atoms with E-state index in [1.165, 1.54) is 18.2 Å². The van der Waals surface area contributed by atoms with Crippen molar-refractivity contribution < 1.29 is 4.39 Å². The smallest absolute Gasteiger partial charge is 0.255 e. The van der Waals surface area contributed by atoms with Crippen molar-refractivity contribution >= 4 is 15.9 Å². The summed E-state index contributed by atoms with van der Waals surface area (Å²) in [5.74, 6) is -0.322. The van der Waals surface area contributed by atoms with Gasteiger partial charge in [-0.15, -0.1) is 0 Å². The third-order valence-electron chi connectivity index (χ3n) is 2.57. The summed E-state index contributed by atoms with van der Waals surface area (Å²) >= 11 is 3.42. The van der Waals surface area contributed by atoms with Crippen LogP contribution in [-0.4, -0.2) is 11.6 Å². The Bertz CT molecular complexity index is 607. The molecule has 18 heavy (non-hydrogen) atoms. The van der Waals surface area contributed by atoms with E-state index in [0.717, 1.165) is 10.2 Å². The Morgan fingerprint density at radius 3 is 2.50 bits per heavy atom. The Hall–Kier alpha value is -1.46. The monoisotopic (exact) mass is 310 g/mol. The normalized spacial score (nSPS) is 10.6. The van der Waals surface area contributed by atoms with Gasteiger partial charge in [-0.25, -0.2) is 4.39 Å². The molecule has 1 aromatic carbocycles. The highest BCUT2D eigenvalue weighted by atomic mass is 79.9. The summed E-state index contributed by atoms with van der Waals surface area (Å²) in [4.78, 5) is 12.0. The molecule has 0 spiro atoms. The van der Waals surface area contributed by atoms with Crippen LogP contribution < -0.4 is 10.9 Å². The fourth-order valence-electron chi connectivity index (χ4n) is 1.76. The topological polar surface area (TPSA) is 34.0 Å². The van der Waals surface area contributed by atoms with Crippen LogP contribution in [0.25, 0.3) is 5.69 Å². The largest absolute Gasteiger partial charge is 0.314 e. The summed E-state index contributed by atoms with van der Waals surface area (Å²) in [6.07, 6.45) is 0. The first-order valence-electron chi connectivity index (χ1n) is 5.44. The fraction of sp³-hybridized carbons (Fsp3) is 0.154. The SMILES string of the molecule is CNCc1c(Br)ccc(=O)n1-c1ccc(F)cc1. The zero-order valence-corrected chi connectivity index (χ0v) is 11.4. The lowest BCUT2D eigenvalue weighted by Crippen LogP contribution is -2.24. The van der Waals surface area contributed by atoms with Gasteiger partial charge >= 0.3 is 0 Å². The highest BCUT2D eigenvalue weighted by molar-refractivity contribution is 9.10. The van der Waals surface area contributed by atoms with Gasteiger partial charge in [0.2, 0.25) is 0 Å². The van der Waals surface area contributed by atoms with E-state index in [-0.39, 0.29) is 11.4 Å². The van der Waals surface area contributed by atoms with Crippen LogP contribution in [0.3, 0.4) is 0 Å². The van der Waals surface area contributed by atoms with Crippen molar-refractivity contribution in [3.8, 4) is 5.69 Å². The summed E-state index contributed by atoms with van der Waals surface area (Å²) in [5.41, 5.74) is 1.31. The number of pyridine rings is 1. The number of hydrogen-bond acceptors (Lipinski definition) is 2. The highest BCUT2D eigenvalue weighted by Gasteiger charge is 2.09. The van der Waals surface area contributed by atoms with E-state index in [9.17, 15) is 9.18 Å². The van der Waals surface area contributed by atoms with Crippen molar-refractivity contribution in [2.75, 3.05) is 7.05 Å². The second-order valence-corrected chi connectivity index (χ2v) is 4.66. The average molecular weight is 311 g/mol. The molecule has 2 aromatic rings. The molecule has 0 amide bonds. The first-order valence-corrected chi connectivity index (χ1v) is 6.24. The third-order valence-corrected chi connectivity index (χ3v) is 3.29. The first kappa shape index (κ1) is 13.0. The van der Waals surface area contributed by atoms with E-state index in [4.69, 9.17) is 0 Å². The number of nitrogens with zero attached hydrogens (tertiary/aromatic N) is 1. The standard InChI is InChI=1S/C13H12BrFN2O/c1-16-8-12-11(14)6-7-13(18)17(12)10-4-2-9(15)3-5-10/h2-7,16H,8H2,1H3. The molecule has 1 N–H and O–H groups in total. The maximum absolute atomic E-state index is 12.9. The third kappa shape index (κ3) is 2.52. The molecule has 0 bridgehead atoms. The summed E-state index contributed by atoms with van der Waals surface area (Å²) in [7, 11) is 1.80. The lowest BCUT2D eigenvalue weighted by atomic mass is 10.2. The van der Waals surface area contributed by atoms with Gasteiger partial charge in [-0.3, -0.25) is 9.36 Å². The maximum Gasteiger partial charge on any atom is 0.255 e. The van der Waals surface area contributed by atoms with Gasteiger partial charge in [-0.2, -0.15) is 0 Å². The molecule has 0 fully saturated rings. The van der Waals surface area contributed by atoms with Gasteiger partial charge in [0, 0.05) is 22.8 Å². The molecular weight excluding hydrogens is 299 g/mol. The molecule has 3 nitrogen and oxygen atoms in total. The van der Waals surface area contributed by atoms with Crippen LogP contribution in [0.1, 0.15) is 5.69 Å². The molecule has 94 valence electrons. The van der Waals surface area contributed by atoms with Crippen LogP contribution in [-0.2, 0) is 6.54 Å². The van der Waals surface area contributed by atoms with Crippen molar-refractivity contribution in [2.24, 2.45) is 0 Å². The van der Waals surface area contributed by atoms with Gasteiger partial charge in [-0.1, -0.05) is 0 Å². The van der Waals surface area contributed by atoms with E-state index in [1.807, 2.05) is 0 Å². The zero-order chi connectivity index (χ0) is 13.1. The van der Waals surface area contributed by atoms with E-state index in [0.29, 0.717) is 12.2 Å². The van der Waals surface area contributed by atoms with Gasteiger partial charge in [0.15, 0.2) is 0 Å². The molecule has 0 saturated carbocycles. The van der Waals surface area contributed by atoms with Crippen LogP contribution in [0.15, 0.2) is 45.7 Å². The highest BCUT2D eigenvalue weighted by Crippen LogP contribution is 2.18. The molecule has 0 unspecified atom stereocenters. The van der Waals surface area contributed by atoms with Crippen LogP contribution >= 0.6 is 15.9 Å². The summed E-state index contributed by atoms with van der Waals surface area (Å²) in [5, 5.41) is 3.01. The lowest BCUT2D eigenvalue weighted by Gasteiger charge is -2.14. The fourth-order valence-corrected chi connectivity index (χ4v) is 2.21. The minimum absolute atomic E-state index is 0.143. The van der Waals surface area contributed by atoms with Crippen LogP contribution in [0.5, 0.6) is 0 Å². The maximum atomic E-state index is 12.9. The Balaban J connectivity index is 2.65. The first-order chi connectivity index (χ1) is 8.63. The molecule has 0 saturated heterocycles. The second kappa shape index (κ2) is 5.46. The Labute approximate surface area is 112 Å². The van der Waals surface area contributed by atoms with Crippen molar-refractivity contribution in [1.29, 1.82) is 0 Å². The van der Waals surface area contributed by atoms with Gasteiger partial charge in [0.1, 0.15) is 5.82 Å². The molecule has 5 heteroatoms. The lowest BCUT2D eigenvalue weighted by molar-refractivity contribution is 0.627. The number of aromatic nitrogens is 1. The van der Waals surface area contributed by atoms with Crippen LogP contribution in [0.4, 0.5) is 4.39 Å². The number of hydrogen-bond donors (Lipinski definition) is 1. The predicted octanol–water partition coefficient (Wildman–Crippen LogP) is 2.46. The molecule has 0 atom stereocenters. The Kier molecular flexibility index (Phi) is 3.93. The molecule has 1 heterocycles. The van der Waals surface area contributed by atoms with Gasteiger partial charge in [-0.05, 0) is 53.3 Å².